The molecule has 1 heterocycles. The van der Waals surface area contributed by atoms with Crippen LogP contribution in [0.5, 0.6) is 0 Å². The van der Waals surface area contributed by atoms with E-state index in [-0.39, 0.29) is 5.92 Å². The summed E-state index contributed by atoms with van der Waals surface area (Å²) >= 11 is 0. The van der Waals surface area contributed by atoms with Gasteiger partial charge in [0.25, 0.3) is 0 Å². The first-order valence-corrected chi connectivity index (χ1v) is 6.44. The minimum Gasteiger partial charge on any atom is -0.478 e. The highest BCUT2D eigenvalue weighted by molar-refractivity contribution is 5.89. The van der Waals surface area contributed by atoms with Crippen molar-refractivity contribution in [2.45, 2.75) is 26.3 Å². The number of nitriles is 1. The van der Waals surface area contributed by atoms with Crippen molar-refractivity contribution in [3.05, 3.63) is 58.9 Å². The first-order chi connectivity index (χ1) is 9.52. The van der Waals surface area contributed by atoms with Crippen LogP contribution >= 0.6 is 0 Å². The predicted octanol–water partition coefficient (Wildman–Crippen LogP) is 3.23. The third-order valence-corrected chi connectivity index (χ3v) is 3.19. The smallest absolute Gasteiger partial charge is 0.337 e. The summed E-state index contributed by atoms with van der Waals surface area (Å²) in [6.07, 6.45) is 1.79. The maximum absolute atomic E-state index is 11.2. The van der Waals surface area contributed by atoms with E-state index >= 15 is 0 Å². The lowest BCUT2D eigenvalue weighted by Crippen LogP contribution is -2.09. The molecule has 4 heteroatoms. The molecule has 0 fully saturated rings. The number of hydrogen-bond acceptors (Lipinski definition) is 2. The van der Waals surface area contributed by atoms with E-state index < -0.39 is 5.97 Å². The van der Waals surface area contributed by atoms with Crippen molar-refractivity contribution in [1.29, 1.82) is 5.26 Å². The van der Waals surface area contributed by atoms with Crippen LogP contribution in [0.15, 0.2) is 36.5 Å². The minimum absolute atomic E-state index is 0.121. The van der Waals surface area contributed by atoms with Gasteiger partial charge in [-0.1, -0.05) is 26.0 Å². The second-order valence-electron chi connectivity index (χ2n) is 5.01. The van der Waals surface area contributed by atoms with Crippen molar-refractivity contribution in [2.24, 2.45) is 0 Å². The summed E-state index contributed by atoms with van der Waals surface area (Å²) in [7, 11) is 0. The van der Waals surface area contributed by atoms with Crippen molar-refractivity contribution < 1.29 is 9.90 Å². The lowest BCUT2D eigenvalue weighted by atomic mass is 10.1. The van der Waals surface area contributed by atoms with E-state index in [9.17, 15) is 9.90 Å². The van der Waals surface area contributed by atoms with Gasteiger partial charge in [0.1, 0.15) is 0 Å². The fourth-order valence-electron chi connectivity index (χ4n) is 2.38. The van der Waals surface area contributed by atoms with Crippen molar-refractivity contribution in [3.8, 4) is 6.07 Å². The molecule has 20 heavy (non-hydrogen) atoms. The summed E-state index contributed by atoms with van der Waals surface area (Å²) in [5.74, 6) is -0.784. The molecule has 2 rings (SSSR count). The highest BCUT2D eigenvalue weighted by Crippen LogP contribution is 2.22. The lowest BCUT2D eigenvalue weighted by Gasteiger charge is -2.13. The van der Waals surface area contributed by atoms with E-state index in [0.717, 1.165) is 11.3 Å². The summed E-state index contributed by atoms with van der Waals surface area (Å²) in [6.45, 7) is 4.52. The van der Waals surface area contributed by atoms with Gasteiger partial charge in [0.05, 0.1) is 17.2 Å². The summed E-state index contributed by atoms with van der Waals surface area (Å²) < 4.78 is 1.94. The summed E-state index contributed by atoms with van der Waals surface area (Å²) in [4.78, 5) is 11.2. The molecule has 1 aromatic carbocycles. The lowest BCUT2D eigenvalue weighted by molar-refractivity contribution is 0.0695. The molecular weight excluding hydrogens is 252 g/mol. The number of carbonyl (C=O) groups is 1. The van der Waals surface area contributed by atoms with E-state index in [1.165, 1.54) is 0 Å². The highest BCUT2D eigenvalue weighted by Gasteiger charge is 2.17. The molecule has 1 aromatic heterocycles. The number of carboxylic acid groups (broad SMARTS) is 1. The zero-order chi connectivity index (χ0) is 14.7. The number of aromatic carboxylic acids is 1. The monoisotopic (exact) mass is 268 g/mol. The Bertz CT molecular complexity index is 678. The van der Waals surface area contributed by atoms with E-state index in [4.69, 9.17) is 5.26 Å². The molecule has 2 aromatic rings. The molecule has 102 valence electrons. The fourth-order valence-corrected chi connectivity index (χ4v) is 2.38. The molecule has 0 bridgehead atoms. The molecular formula is C16H16N2O2. The number of benzene rings is 1. The van der Waals surface area contributed by atoms with Crippen molar-refractivity contribution in [3.63, 3.8) is 0 Å². The zero-order valence-corrected chi connectivity index (χ0v) is 11.5. The van der Waals surface area contributed by atoms with Crippen molar-refractivity contribution in [1.82, 2.24) is 4.57 Å². The topological polar surface area (TPSA) is 66.0 Å². The highest BCUT2D eigenvalue weighted by atomic mass is 16.4. The first-order valence-electron chi connectivity index (χ1n) is 6.44. The summed E-state index contributed by atoms with van der Waals surface area (Å²) in [6, 6.07) is 11.1. The molecule has 0 amide bonds. The number of aromatic nitrogens is 1. The van der Waals surface area contributed by atoms with Gasteiger partial charge in [-0.15, -0.1) is 0 Å². The Morgan fingerprint density at radius 3 is 2.75 bits per heavy atom. The maximum atomic E-state index is 11.2. The fraction of sp³-hybridized carbons (Fsp3) is 0.250. The van der Waals surface area contributed by atoms with Gasteiger partial charge in [0.15, 0.2) is 0 Å². The van der Waals surface area contributed by atoms with Gasteiger partial charge >= 0.3 is 5.97 Å². The third kappa shape index (κ3) is 2.72. The number of nitrogens with zero attached hydrogens (tertiary/aromatic N) is 2. The molecule has 0 aliphatic rings. The van der Waals surface area contributed by atoms with Crippen LogP contribution in [0.1, 0.15) is 46.9 Å². The Balaban J connectivity index is 2.39. The molecule has 1 N–H and O–H groups in total. The third-order valence-electron chi connectivity index (χ3n) is 3.19. The van der Waals surface area contributed by atoms with Crippen molar-refractivity contribution >= 4 is 5.97 Å². The largest absolute Gasteiger partial charge is 0.478 e. The first kappa shape index (κ1) is 13.9. The molecule has 0 aliphatic heterocycles. The number of hydrogen-bond donors (Lipinski definition) is 1. The average molecular weight is 268 g/mol. The SMILES string of the molecule is CC(C)c1c(C(=O)O)ccn1Cc1cccc(C#N)c1. The Labute approximate surface area is 117 Å². The normalized spacial score (nSPS) is 10.5. The van der Waals surface area contributed by atoms with Gasteiger partial charge in [-0.05, 0) is 29.7 Å². The van der Waals surface area contributed by atoms with Crippen LogP contribution in [-0.4, -0.2) is 15.6 Å². The zero-order valence-electron chi connectivity index (χ0n) is 11.5. The second-order valence-corrected chi connectivity index (χ2v) is 5.01. The van der Waals surface area contributed by atoms with Crippen LogP contribution in [-0.2, 0) is 6.54 Å². The minimum atomic E-state index is -0.904. The van der Waals surface area contributed by atoms with E-state index in [1.54, 1.807) is 18.3 Å². The van der Waals surface area contributed by atoms with Gasteiger partial charge in [-0.2, -0.15) is 5.26 Å². The molecule has 0 unspecified atom stereocenters. The Morgan fingerprint density at radius 1 is 1.40 bits per heavy atom. The molecule has 0 saturated carbocycles. The van der Waals surface area contributed by atoms with Crippen LogP contribution in [0.2, 0.25) is 0 Å². The standard InChI is InChI=1S/C16H16N2O2/c1-11(2)15-14(16(19)20)6-7-18(15)10-13-5-3-4-12(8-13)9-17/h3-8,11H,10H2,1-2H3,(H,19,20). The van der Waals surface area contributed by atoms with Crippen LogP contribution in [0, 0.1) is 11.3 Å². The van der Waals surface area contributed by atoms with Gasteiger partial charge < -0.3 is 9.67 Å². The van der Waals surface area contributed by atoms with Crippen LogP contribution in [0.25, 0.3) is 0 Å². The quantitative estimate of drug-likeness (QED) is 0.925. The number of carboxylic acids is 1. The van der Waals surface area contributed by atoms with E-state index in [2.05, 4.69) is 6.07 Å². The molecule has 0 atom stereocenters. The van der Waals surface area contributed by atoms with Crippen LogP contribution in [0.3, 0.4) is 0 Å². The van der Waals surface area contributed by atoms with Gasteiger partial charge in [0, 0.05) is 18.4 Å². The average Bonchev–Trinajstić information content (AvgIpc) is 2.83. The van der Waals surface area contributed by atoms with Gasteiger partial charge in [-0.25, -0.2) is 4.79 Å². The molecule has 0 aliphatic carbocycles. The summed E-state index contributed by atoms with van der Waals surface area (Å²) in [5.41, 5.74) is 2.74. The van der Waals surface area contributed by atoms with Crippen LogP contribution < -0.4 is 0 Å². The molecule has 4 nitrogen and oxygen atoms in total. The molecule has 0 saturated heterocycles. The molecule has 0 radical (unpaired) electrons. The Hall–Kier alpha value is -2.54. The Morgan fingerprint density at radius 2 is 2.15 bits per heavy atom. The second kappa shape index (κ2) is 5.62. The predicted molar refractivity (Wildman–Crippen MR) is 75.7 cm³/mol. The van der Waals surface area contributed by atoms with E-state index in [1.807, 2.05) is 36.6 Å². The Kier molecular flexibility index (Phi) is 3.90. The molecule has 0 spiro atoms. The maximum Gasteiger partial charge on any atom is 0.337 e. The van der Waals surface area contributed by atoms with Gasteiger partial charge in [-0.3, -0.25) is 0 Å². The number of rotatable bonds is 4. The van der Waals surface area contributed by atoms with Crippen LogP contribution in [0.4, 0.5) is 0 Å². The van der Waals surface area contributed by atoms with Gasteiger partial charge in [0.2, 0.25) is 0 Å². The summed E-state index contributed by atoms with van der Waals surface area (Å²) in [5, 5.41) is 18.1. The van der Waals surface area contributed by atoms with E-state index in [0.29, 0.717) is 17.7 Å². The van der Waals surface area contributed by atoms with Crippen molar-refractivity contribution in [2.75, 3.05) is 0 Å².